The molecule has 0 spiro atoms. The summed E-state index contributed by atoms with van der Waals surface area (Å²) in [4.78, 5) is 0. The van der Waals surface area contributed by atoms with E-state index in [-0.39, 0.29) is 0 Å². The van der Waals surface area contributed by atoms with Crippen LogP contribution in [-0.2, 0) is 4.43 Å². The minimum absolute atomic E-state index is 0.465. The van der Waals surface area contributed by atoms with Crippen molar-refractivity contribution in [1.82, 2.24) is 0 Å². The molecule has 1 aliphatic rings. The van der Waals surface area contributed by atoms with Gasteiger partial charge in [0.15, 0.2) is 0 Å². The van der Waals surface area contributed by atoms with Crippen molar-refractivity contribution < 1.29 is 4.43 Å². The number of benzene rings is 2. The zero-order chi connectivity index (χ0) is 12.9. The second-order valence-corrected chi connectivity index (χ2v) is 7.32. The Morgan fingerprint density at radius 2 is 1.37 bits per heavy atom. The van der Waals surface area contributed by atoms with E-state index in [1.165, 1.54) is 30.0 Å². The monoisotopic (exact) mass is 267 g/mol. The number of rotatable bonds is 3. The minimum Gasteiger partial charge on any atom is -0.416 e. The van der Waals surface area contributed by atoms with Gasteiger partial charge >= 0.3 is 0 Å². The molecule has 0 aromatic heterocycles. The lowest BCUT2D eigenvalue weighted by atomic mass is 10.0. The van der Waals surface area contributed by atoms with E-state index in [1.54, 1.807) is 0 Å². The Morgan fingerprint density at radius 3 is 1.84 bits per heavy atom. The average molecular weight is 267 g/mol. The van der Waals surface area contributed by atoms with Crippen molar-refractivity contribution in [2.24, 2.45) is 0 Å². The molecule has 1 saturated heterocycles. The standard InChI is InChI=1S/C17H19OSi/c1-3-9-15(10-4-1)17(16-11-5-2-6-12-16)19-14-8-7-13-18-19/h1-6,9-12,17H,7-8,13-14H2. The van der Waals surface area contributed by atoms with Crippen LogP contribution in [0, 0.1) is 0 Å². The maximum atomic E-state index is 6.15. The van der Waals surface area contributed by atoms with Crippen LogP contribution in [0.1, 0.15) is 29.5 Å². The van der Waals surface area contributed by atoms with Gasteiger partial charge in [0.25, 0.3) is 0 Å². The molecule has 2 aromatic rings. The van der Waals surface area contributed by atoms with E-state index in [9.17, 15) is 0 Å². The van der Waals surface area contributed by atoms with Crippen molar-refractivity contribution in [2.75, 3.05) is 6.61 Å². The zero-order valence-corrected chi connectivity index (χ0v) is 12.1. The van der Waals surface area contributed by atoms with Crippen molar-refractivity contribution in [2.45, 2.75) is 24.4 Å². The summed E-state index contributed by atoms with van der Waals surface area (Å²) < 4.78 is 6.15. The van der Waals surface area contributed by atoms with Crippen LogP contribution < -0.4 is 0 Å². The second kappa shape index (κ2) is 6.18. The summed E-state index contributed by atoms with van der Waals surface area (Å²) >= 11 is 0. The summed E-state index contributed by atoms with van der Waals surface area (Å²) in [7, 11) is -0.791. The molecule has 1 nitrogen and oxygen atoms in total. The topological polar surface area (TPSA) is 9.23 Å². The van der Waals surface area contributed by atoms with Crippen LogP contribution in [-0.4, -0.2) is 15.6 Å². The molecule has 97 valence electrons. The van der Waals surface area contributed by atoms with Crippen LogP contribution >= 0.6 is 0 Å². The third-order valence-electron chi connectivity index (χ3n) is 3.69. The number of hydrogen-bond donors (Lipinski definition) is 0. The quantitative estimate of drug-likeness (QED) is 0.759. The van der Waals surface area contributed by atoms with Gasteiger partial charge in [-0.3, -0.25) is 0 Å². The lowest BCUT2D eigenvalue weighted by Crippen LogP contribution is -2.31. The predicted octanol–water partition coefficient (Wildman–Crippen LogP) is 4.16. The van der Waals surface area contributed by atoms with Crippen LogP contribution in [0.4, 0.5) is 0 Å². The molecule has 0 amide bonds. The van der Waals surface area contributed by atoms with E-state index in [0.29, 0.717) is 5.54 Å². The first-order valence-corrected chi connectivity index (χ1v) is 8.73. The predicted molar refractivity (Wildman–Crippen MR) is 80.5 cm³/mol. The first kappa shape index (κ1) is 12.6. The summed E-state index contributed by atoms with van der Waals surface area (Å²) in [5, 5.41) is 0. The molecule has 2 heteroatoms. The van der Waals surface area contributed by atoms with E-state index in [4.69, 9.17) is 4.43 Å². The summed E-state index contributed by atoms with van der Waals surface area (Å²) in [6, 6.07) is 23.0. The van der Waals surface area contributed by atoms with Crippen molar-refractivity contribution >= 4 is 9.04 Å². The average Bonchev–Trinajstić information content (AvgIpc) is 2.51. The Labute approximate surface area is 117 Å². The van der Waals surface area contributed by atoms with E-state index >= 15 is 0 Å². The van der Waals surface area contributed by atoms with Crippen molar-refractivity contribution in [3.8, 4) is 0 Å². The van der Waals surface area contributed by atoms with Gasteiger partial charge in [-0.1, -0.05) is 67.1 Å². The highest BCUT2D eigenvalue weighted by Crippen LogP contribution is 2.31. The van der Waals surface area contributed by atoms with Gasteiger partial charge in [-0.15, -0.1) is 0 Å². The maximum Gasteiger partial charge on any atom is 0.223 e. The third kappa shape index (κ3) is 2.96. The van der Waals surface area contributed by atoms with Gasteiger partial charge in [0.05, 0.1) is 0 Å². The second-order valence-electron chi connectivity index (χ2n) is 5.03. The molecule has 3 rings (SSSR count). The summed E-state index contributed by atoms with van der Waals surface area (Å²) in [6.07, 6.45) is 2.55. The summed E-state index contributed by atoms with van der Waals surface area (Å²) in [5.74, 6) is 0. The SMILES string of the molecule is c1ccc(C(c2ccccc2)[Si]2CCCCO2)cc1. The summed E-state index contributed by atoms with van der Waals surface area (Å²) in [6.45, 7) is 0.949. The molecule has 1 aliphatic heterocycles. The molecular weight excluding hydrogens is 248 g/mol. The minimum atomic E-state index is -0.791. The molecule has 0 unspecified atom stereocenters. The van der Waals surface area contributed by atoms with Gasteiger partial charge in [-0.25, -0.2) is 0 Å². The van der Waals surface area contributed by atoms with Gasteiger partial charge in [0.1, 0.15) is 0 Å². The fourth-order valence-electron chi connectivity index (χ4n) is 2.76. The molecule has 0 bridgehead atoms. The fourth-order valence-corrected chi connectivity index (χ4v) is 5.49. The van der Waals surface area contributed by atoms with Crippen LogP contribution in [0.25, 0.3) is 0 Å². The Bertz CT molecular complexity index is 452. The maximum absolute atomic E-state index is 6.15. The highest BCUT2D eigenvalue weighted by molar-refractivity contribution is 6.54. The molecule has 1 fully saturated rings. The Morgan fingerprint density at radius 1 is 0.789 bits per heavy atom. The van der Waals surface area contributed by atoms with Crippen molar-refractivity contribution in [3.63, 3.8) is 0 Å². The van der Waals surface area contributed by atoms with Crippen molar-refractivity contribution in [3.05, 3.63) is 71.8 Å². The molecule has 0 saturated carbocycles. The van der Waals surface area contributed by atoms with Gasteiger partial charge < -0.3 is 4.43 Å². The molecule has 0 aliphatic carbocycles. The smallest absolute Gasteiger partial charge is 0.223 e. The Balaban J connectivity index is 1.96. The lowest BCUT2D eigenvalue weighted by Gasteiger charge is -2.29. The molecule has 19 heavy (non-hydrogen) atoms. The van der Waals surface area contributed by atoms with E-state index in [2.05, 4.69) is 60.7 Å². The first-order chi connectivity index (χ1) is 9.45. The van der Waals surface area contributed by atoms with Gasteiger partial charge in [-0.05, 0) is 23.6 Å². The normalized spacial score (nSPS) is 16.7. The molecule has 2 aromatic carbocycles. The van der Waals surface area contributed by atoms with E-state index < -0.39 is 9.04 Å². The van der Waals surface area contributed by atoms with Crippen molar-refractivity contribution in [1.29, 1.82) is 0 Å². The first-order valence-electron chi connectivity index (χ1n) is 7.03. The van der Waals surface area contributed by atoms with Crippen LogP contribution in [0.3, 0.4) is 0 Å². The largest absolute Gasteiger partial charge is 0.416 e. The Hall–Kier alpha value is -1.38. The molecule has 0 N–H and O–H groups in total. The third-order valence-corrected chi connectivity index (χ3v) is 6.42. The van der Waals surface area contributed by atoms with Gasteiger partial charge in [-0.2, -0.15) is 0 Å². The van der Waals surface area contributed by atoms with Gasteiger partial charge in [0, 0.05) is 12.1 Å². The van der Waals surface area contributed by atoms with Crippen LogP contribution in [0.2, 0.25) is 6.04 Å². The highest BCUT2D eigenvalue weighted by atomic mass is 28.3. The lowest BCUT2D eigenvalue weighted by molar-refractivity contribution is 0.283. The van der Waals surface area contributed by atoms with Gasteiger partial charge in [0.2, 0.25) is 9.04 Å². The zero-order valence-electron chi connectivity index (χ0n) is 11.1. The highest BCUT2D eigenvalue weighted by Gasteiger charge is 2.30. The van der Waals surface area contributed by atoms with E-state index in [0.717, 1.165) is 6.61 Å². The fraction of sp³-hybridized carbons (Fsp3) is 0.294. The van der Waals surface area contributed by atoms with E-state index in [1.807, 2.05) is 0 Å². The molecule has 1 heterocycles. The Kier molecular flexibility index (Phi) is 4.11. The van der Waals surface area contributed by atoms with Crippen LogP contribution in [0.5, 0.6) is 0 Å². The van der Waals surface area contributed by atoms with Crippen LogP contribution in [0.15, 0.2) is 60.7 Å². The summed E-state index contributed by atoms with van der Waals surface area (Å²) in [5.41, 5.74) is 3.28. The molecule has 1 radical (unpaired) electrons. The molecular formula is C17H19OSi. The number of hydrogen-bond acceptors (Lipinski definition) is 1. The molecule has 0 atom stereocenters.